The van der Waals surface area contributed by atoms with Gasteiger partial charge in [0.1, 0.15) is 35.3 Å². The molecule has 1 fully saturated rings. The predicted octanol–water partition coefficient (Wildman–Crippen LogP) is 7.73. The molecule has 314 valence electrons. The van der Waals surface area contributed by atoms with Gasteiger partial charge in [-0.05, 0) is 81.5 Å². The fourth-order valence-electron chi connectivity index (χ4n) is 7.76. The summed E-state index contributed by atoms with van der Waals surface area (Å²) in [6.07, 6.45) is 5.24. The average molecular weight is 793 g/mol. The van der Waals surface area contributed by atoms with Gasteiger partial charge in [-0.2, -0.15) is 5.06 Å². The first kappa shape index (κ1) is 47.1. The molecule has 0 spiro atoms. The summed E-state index contributed by atoms with van der Waals surface area (Å²) in [4.78, 5) is 92.2. The van der Waals surface area contributed by atoms with E-state index in [1.165, 1.54) is 7.11 Å². The van der Waals surface area contributed by atoms with Gasteiger partial charge in [0.05, 0.1) is 37.8 Å². The zero-order valence-corrected chi connectivity index (χ0v) is 35.4. The maximum atomic E-state index is 14.0. The summed E-state index contributed by atoms with van der Waals surface area (Å²) in [5, 5.41) is 1.98. The normalized spacial score (nSPS) is 22.4. The summed E-state index contributed by atoms with van der Waals surface area (Å²) in [5.74, 6) is -7.68. The molecule has 57 heavy (non-hydrogen) atoms. The Morgan fingerprint density at radius 1 is 0.825 bits per heavy atom. The SMILES string of the molecule is CCCCOC(=O)C(CC(C)c1ccccc1)C(=O)CC(C(=O)CC(CCC(ON1C(C)(CC)CC(=O)C(C)C1(C)CC)c1ccncc1)C(=O)OC)C(=O)OC. The molecule has 3 rings (SSSR count). The molecule has 1 aliphatic rings. The first-order chi connectivity index (χ1) is 27.1. The highest BCUT2D eigenvalue weighted by Gasteiger charge is 2.54. The standard InChI is InChI=1S/C45H64N2O10/c1-10-13-25-56-43(53)35(26-30(4)32-17-15-14-16-18-32)38(49)28-36(42(52)55-9)37(48)27-34(41(51)54-8)19-20-40(33-21-23-46-24-22-33)57-47-44(6,11-2)29-39(50)31(5)45(47,7)12-3/h14-18,21-24,30-31,34-36,40H,10-13,19-20,25-29H2,1-9H3. The second-order valence-corrected chi connectivity index (χ2v) is 15.9. The van der Waals surface area contributed by atoms with Crippen molar-refractivity contribution >= 4 is 35.3 Å². The third kappa shape index (κ3) is 12.1. The smallest absolute Gasteiger partial charge is 0.316 e. The van der Waals surface area contributed by atoms with Gasteiger partial charge >= 0.3 is 17.9 Å². The number of esters is 3. The molecule has 1 aliphatic heterocycles. The van der Waals surface area contributed by atoms with E-state index in [9.17, 15) is 28.8 Å². The molecule has 0 N–H and O–H groups in total. The summed E-state index contributed by atoms with van der Waals surface area (Å²) >= 11 is 0. The van der Waals surface area contributed by atoms with E-state index in [1.807, 2.05) is 96.0 Å². The summed E-state index contributed by atoms with van der Waals surface area (Å²) < 4.78 is 15.6. The van der Waals surface area contributed by atoms with Crippen LogP contribution in [0.3, 0.4) is 0 Å². The minimum atomic E-state index is -1.55. The van der Waals surface area contributed by atoms with E-state index in [0.717, 1.165) is 24.7 Å². The van der Waals surface area contributed by atoms with Crippen molar-refractivity contribution in [1.29, 1.82) is 0 Å². The molecule has 12 heteroatoms. The lowest BCUT2D eigenvalue weighted by molar-refractivity contribution is -0.319. The number of pyridine rings is 1. The molecule has 2 aromatic rings. The summed E-state index contributed by atoms with van der Waals surface area (Å²) in [7, 11) is 2.35. The van der Waals surface area contributed by atoms with E-state index < -0.39 is 77.3 Å². The third-order valence-corrected chi connectivity index (χ3v) is 12.1. The van der Waals surface area contributed by atoms with Crippen molar-refractivity contribution in [2.45, 2.75) is 136 Å². The number of hydrogen-bond acceptors (Lipinski definition) is 12. The minimum Gasteiger partial charge on any atom is -0.469 e. The van der Waals surface area contributed by atoms with E-state index in [-0.39, 0.29) is 43.5 Å². The molecule has 2 heterocycles. The molecule has 0 radical (unpaired) electrons. The quantitative estimate of drug-likeness (QED) is 0.0468. The Balaban J connectivity index is 1.89. The number of carbonyl (C=O) groups is 6. The molecule has 8 unspecified atom stereocenters. The lowest BCUT2D eigenvalue weighted by Crippen LogP contribution is -2.66. The van der Waals surface area contributed by atoms with E-state index in [4.69, 9.17) is 19.0 Å². The maximum absolute atomic E-state index is 14.0. The van der Waals surface area contributed by atoms with Crippen LogP contribution in [0.4, 0.5) is 0 Å². The fraction of sp³-hybridized carbons (Fsp3) is 0.622. The van der Waals surface area contributed by atoms with Crippen LogP contribution in [0.25, 0.3) is 0 Å². The number of ketones is 3. The molecule has 1 aromatic carbocycles. The Morgan fingerprint density at radius 3 is 2.04 bits per heavy atom. The highest BCUT2D eigenvalue weighted by molar-refractivity contribution is 6.07. The molecule has 0 saturated carbocycles. The number of ether oxygens (including phenoxy) is 3. The number of hydrogen-bond donors (Lipinski definition) is 0. The van der Waals surface area contributed by atoms with Crippen molar-refractivity contribution < 1.29 is 47.8 Å². The topological polar surface area (TPSA) is 155 Å². The lowest BCUT2D eigenvalue weighted by atomic mass is 9.70. The van der Waals surface area contributed by atoms with Gasteiger partial charge in [0.2, 0.25) is 0 Å². The van der Waals surface area contributed by atoms with Crippen molar-refractivity contribution in [1.82, 2.24) is 10.0 Å². The number of aromatic nitrogens is 1. The number of piperidine rings is 1. The molecule has 0 amide bonds. The Kier molecular flexibility index (Phi) is 18.2. The Labute approximate surface area is 338 Å². The highest BCUT2D eigenvalue weighted by atomic mass is 16.7. The van der Waals surface area contributed by atoms with Crippen LogP contribution in [-0.4, -0.2) is 77.2 Å². The van der Waals surface area contributed by atoms with Gasteiger partial charge in [0.25, 0.3) is 0 Å². The van der Waals surface area contributed by atoms with E-state index >= 15 is 0 Å². The monoisotopic (exact) mass is 792 g/mol. The van der Waals surface area contributed by atoms with Gasteiger partial charge < -0.3 is 14.2 Å². The number of unbranched alkanes of at least 4 members (excludes halogenated alkanes) is 1. The van der Waals surface area contributed by atoms with Crippen LogP contribution < -0.4 is 0 Å². The van der Waals surface area contributed by atoms with Crippen molar-refractivity contribution in [2.75, 3.05) is 20.8 Å². The third-order valence-electron chi connectivity index (χ3n) is 12.1. The largest absolute Gasteiger partial charge is 0.469 e. The molecule has 1 aromatic heterocycles. The zero-order chi connectivity index (χ0) is 42.3. The summed E-state index contributed by atoms with van der Waals surface area (Å²) in [5.41, 5.74) is 0.495. The molecule has 0 bridgehead atoms. The number of hydroxylamine groups is 2. The second kappa shape index (κ2) is 22.0. The number of methoxy groups -OCH3 is 2. The predicted molar refractivity (Wildman–Crippen MR) is 214 cm³/mol. The number of nitrogens with zero attached hydrogens (tertiary/aromatic N) is 2. The van der Waals surface area contributed by atoms with Crippen molar-refractivity contribution in [3.05, 3.63) is 66.0 Å². The Bertz CT molecular complexity index is 1650. The van der Waals surface area contributed by atoms with Gasteiger partial charge in [0.15, 0.2) is 0 Å². The molecule has 12 nitrogen and oxygen atoms in total. The van der Waals surface area contributed by atoms with Crippen LogP contribution in [0.1, 0.15) is 136 Å². The number of rotatable bonds is 23. The van der Waals surface area contributed by atoms with E-state index in [1.54, 1.807) is 12.4 Å². The number of carbonyl (C=O) groups excluding carboxylic acids is 6. The van der Waals surface area contributed by atoms with Crippen LogP contribution in [-0.2, 0) is 47.8 Å². The van der Waals surface area contributed by atoms with Gasteiger partial charge in [-0.15, -0.1) is 0 Å². The molecule has 1 saturated heterocycles. The summed E-state index contributed by atoms with van der Waals surface area (Å²) in [6, 6.07) is 13.1. The first-order valence-corrected chi connectivity index (χ1v) is 20.4. The van der Waals surface area contributed by atoms with Gasteiger partial charge in [-0.3, -0.25) is 38.6 Å². The Morgan fingerprint density at radius 2 is 1.46 bits per heavy atom. The lowest BCUT2D eigenvalue weighted by Gasteiger charge is -2.56. The molecule has 8 atom stereocenters. The van der Waals surface area contributed by atoms with Crippen LogP contribution in [0.15, 0.2) is 54.9 Å². The molecular weight excluding hydrogens is 728 g/mol. The maximum Gasteiger partial charge on any atom is 0.316 e. The van der Waals surface area contributed by atoms with Crippen LogP contribution in [0, 0.1) is 23.7 Å². The van der Waals surface area contributed by atoms with Crippen molar-refractivity contribution in [3.8, 4) is 0 Å². The van der Waals surface area contributed by atoms with Gasteiger partial charge in [-0.25, -0.2) is 0 Å². The van der Waals surface area contributed by atoms with Crippen molar-refractivity contribution in [2.24, 2.45) is 23.7 Å². The molecule has 0 aliphatic carbocycles. The first-order valence-electron chi connectivity index (χ1n) is 20.4. The van der Waals surface area contributed by atoms with Gasteiger partial charge in [-0.1, -0.05) is 71.4 Å². The fourth-order valence-corrected chi connectivity index (χ4v) is 7.76. The molecular formula is C45H64N2O10. The van der Waals surface area contributed by atoms with Gasteiger partial charge in [0, 0.05) is 37.6 Å². The van der Waals surface area contributed by atoms with Crippen LogP contribution >= 0.6 is 0 Å². The minimum absolute atomic E-state index is 0.120. The van der Waals surface area contributed by atoms with E-state index in [0.29, 0.717) is 25.7 Å². The number of Topliss-reactive ketones (excluding diaryl/α,β-unsaturated/α-hetero) is 3. The second-order valence-electron chi connectivity index (χ2n) is 15.9. The average Bonchev–Trinajstić information content (AvgIpc) is 3.22. The van der Waals surface area contributed by atoms with Crippen LogP contribution in [0.2, 0.25) is 0 Å². The Hall–Kier alpha value is -4.29. The van der Waals surface area contributed by atoms with Crippen LogP contribution in [0.5, 0.6) is 0 Å². The van der Waals surface area contributed by atoms with E-state index in [2.05, 4.69) is 4.98 Å². The summed E-state index contributed by atoms with van der Waals surface area (Å²) in [6.45, 7) is 14.1. The number of benzene rings is 1. The highest BCUT2D eigenvalue weighted by Crippen LogP contribution is 2.46. The zero-order valence-electron chi connectivity index (χ0n) is 35.4. The van der Waals surface area contributed by atoms with Crippen molar-refractivity contribution in [3.63, 3.8) is 0 Å².